The molecule has 0 heterocycles. The maximum Gasteiger partial charge on any atom is 0.259 e. The lowest BCUT2D eigenvalue weighted by molar-refractivity contribution is 0.0787. The first-order valence-electron chi connectivity index (χ1n) is 4.92. The van der Waals surface area contributed by atoms with Gasteiger partial charge in [-0.1, -0.05) is 6.07 Å². The van der Waals surface area contributed by atoms with Gasteiger partial charge in [-0.2, -0.15) is 0 Å². The van der Waals surface area contributed by atoms with Crippen molar-refractivity contribution in [1.82, 2.24) is 10.2 Å². The molecule has 17 heavy (non-hydrogen) atoms. The van der Waals surface area contributed by atoms with Crippen LogP contribution >= 0.6 is 12.4 Å². The molecule has 1 amide bonds. The summed E-state index contributed by atoms with van der Waals surface area (Å²) < 4.78 is 26.6. The smallest absolute Gasteiger partial charge is 0.259 e. The van der Waals surface area contributed by atoms with Gasteiger partial charge in [-0.3, -0.25) is 4.79 Å². The van der Waals surface area contributed by atoms with Gasteiger partial charge in [-0.25, -0.2) is 8.78 Å². The number of halogens is 3. The van der Waals surface area contributed by atoms with Gasteiger partial charge in [0.2, 0.25) is 0 Å². The molecule has 3 nitrogen and oxygen atoms in total. The molecule has 96 valence electrons. The number of benzene rings is 1. The summed E-state index contributed by atoms with van der Waals surface area (Å²) in [5.41, 5.74) is -0.499. The molecule has 0 aromatic heterocycles. The minimum absolute atomic E-state index is 0. The molecule has 6 heteroatoms. The minimum atomic E-state index is -0.832. The minimum Gasteiger partial charge on any atom is -0.340 e. The Morgan fingerprint density at radius 2 is 1.88 bits per heavy atom. The Morgan fingerprint density at radius 3 is 2.35 bits per heavy atom. The van der Waals surface area contributed by atoms with Crippen molar-refractivity contribution >= 4 is 18.3 Å². The van der Waals surface area contributed by atoms with Crippen molar-refractivity contribution in [2.24, 2.45) is 0 Å². The summed E-state index contributed by atoms with van der Waals surface area (Å²) >= 11 is 0. The van der Waals surface area contributed by atoms with Crippen molar-refractivity contribution in [2.45, 2.75) is 0 Å². The highest BCUT2D eigenvalue weighted by molar-refractivity contribution is 5.94. The quantitative estimate of drug-likeness (QED) is 0.897. The third kappa shape index (κ3) is 3.94. The predicted octanol–water partition coefficient (Wildman–Crippen LogP) is 1.68. The number of amides is 1. The SMILES string of the molecule is CNCCN(C)C(=O)c1c(F)cccc1F.Cl. The number of likely N-dealkylation sites (N-methyl/N-ethyl adjacent to an activating group) is 2. The Labute approximate surface area is 105 Å². The van der Waals surface area contributed by atoms with Crippen molar-refractivity contribution in [3.8, 4) is 0 Å². The standard InChI is InChI=1S/C11H14F2N2O.ClH/c1-14-6-7-15(2)11(16)10-8(12)4-3-5-9(10)13;/h3-5,14H,6-7H2,1-2H3;1H. The van der Waals surface area contributed by atoms with Crippen LogP contribution in [-0.4, -0.2) is 38.0 Å². The molecule has 0 radical (unpaired) electrons. The van der Waals surface area contributed by atoms with E-state index in [0.29, 0.717) is 13.1 Å². The summed E-state index contributed by atoms with van der Waals surface area (Å²) in [4.78, 5) is 13.0. The highest BCUT2D eigenvalue weighted by Gasteiger charge is 2.19. The van der Waals surface area contributed by atoms with Gasteiger partial charge < -0.3 is 10.2 Å². The Morgan fingerprint density at radius 1 is 1.35 bits per heavy atom. The lowest BCUT2D eigenvalue weighted by Crippen LogP contribution is -2.33. The van der Waals surface area contributed by atoms with Crippen LogP contribution in [0.1, 0.15) is 10.4 Å². The zero-order chi connectivity index (χ0) is 12.1. The van der Waals surface area contributed by atoms with E-state index >= 15 is 0 Å². The Kier molecular flexibility index (Phi) is 6.68. The summed E-state index contributed by atoms with van der Waals surface area (Å²) in [6.45, 7) is 0.960. The number of carbonyl (C=O) groups excluding carboxylic acids is 1. The second kappa shape index (κ2) is 7.19. The van der Waals surface area contributed by atoms with Crippen molar-refractivity contribution < 1.29 is 13.6 Å². The molecule has 0 aliphatic heterocycles. The van der Waals surface area contributed by atoms with Crippen molar-refractivity contribution in [1.29, 1.82) is 0 Å². The first-order valence-corrected chi connectivity index (χ1v) is 4.92. The number of carbonyl (C=O) groups is 1. The van der Waals surface area contributed by atoms with Crippen molar-refractivity contribution in [3.63, 3.8) is 0 Å². The maximum atomic E-state index is 13.3. The molecule has 0 saturated heterocycles. The van der Waals surface area contributed by atoms with E-state index in [2.05, 4.69) is 5.32 Å². The highest BCUT2D eigenvalue weighted by atomic mass is 35.5. The van der Waals surface area contributed by atoms with Crippen molar-refractivity contribution in [2.75, 3.05) is 27.2 Å². The molecule has 0 aliphatic rings. The molecular formula is C11H15ClF2N2O. The lowest BCUT2D eigenvalue weighted by Gasteiger charge is -2.17. The van der Waals surface area contributed by atoms with E-state index in [4.69, 9.17) is 0 Å². The predicted molar refractivity (Wildman–Crippen MR) is 64.5 cm³/mol. The average molecular weight is 265 g/mol. The van der Waals surface area contributed by atoms with Gasteiger partial charge in [0.05, 0.1) is 0 Å². The van der Waals surface area contributed by atoms with E-state index in [-0.39, 0.29) is 12.4 Å². The molecular weight excluding hydrogens is 250 g/mol. The third-order valence-corrected chi connectivity index (χ3v) is 2.22. The second-order valence-corrected chi connectivity index (χ2v) is 3.43. The summed E-state index contributed by atoms with van der Waals surface area (Å²) in [6, 6.07) is 3.37. The molecule has 0 saturated carbocycles. The Balaban J connectivity index is 0.00000256. The summed E-state index contributed by atoms with van der Waals surface area (Å²) in [5.74, 6) is -2.31. The maximum absolute atomic E-state index is 13.3. The highest BCUT2D eigenvalue weighted by Crippen LogP contribution is 2.13. The third-order valence-electron chi connectivity index (χ3n) is 2.22. The van der Waals surface area contributed by atoms with Crippen LogP contribution in [0.15, 0.2) is 18.2 Å². The van der Waals surface area contributed by atoms with Gasteiger partial charge in [0, 0.05) is 20.1 Å². The number of nitrogens with zero attached hydrogens (tertiary/aromatic N) is 1. The Bertz CT molecular complexity index is 367. The van der Waals surface area contributed by atoms with Crippen LogP contribution in [0.25, 0.3) is 0 Å². The number of hydrogen-bond donors (Lipinski definition) is 1. The van der Waals surface area contributed by atoms with Gasteiger partial charge in [-0.05, 0) is 19.2 Å². The van der Waals surface area contributed by atoms with E-state index < -0.39 is 23.1 Å². The fraction of sp³-hybridized carbons (Fsp3) is 0.364. The van der Waals surface area contributed by atoms with Crippen LogP contribution < -0.4 is 5.32 Å². The zero-order valence-corrected chi connectivity index (χ0v) is 10.5. The molecule has 0 aliphatic carbocycles. The van der Waals surface area contributed by atoms with Crippen LogP contribution in [0.3, 0.4) is 0 Å². The van der Waals surface area contributed by atoms with E-state index in [1.54, 1.807) is 7.05 Å². The molecule has 1 N–H and O–H groups in total. The Hall–Kier alpha value is -1.20. The summed E-state index contributed by atoms with van der Waals surface area (Å²) in [7, 11) is 3.24. The lowest BCUT2D eigenvalue weighted by atomic mass is 10.1. The molecule has 1 rings (SSSR count). The van der Waals surface area contributed by atoms with Crippen LogP contribution in [-0.2, 0) is 0 Å². The molecule has 0 atom stereocenters. The zero-order valence-electron chi connectivity index (χ0n) is 9.67. The van der Waals surface area contributed by atoms with E-state index in [1.807, 2.05) is 0 Å². The molecule has 0 bridgehead atoms. The van der Waals surface area contributed by atoms with Crippen LogP contribution in [0.4, 0.5) is 8.78 Å². The topological polar surface area (TPSA) is 32.3 Å². The molecule has 1 aromatic carbocycles. The number of rotatable bonds is 4. The van der Waals surface area contributed by atoms with E-state index in [1.165, 1.54) is 18.0 Å². The monoisotopic (exact) mass is 264 g/mol. The van der Waals surface area contributed by atoms with E-state index in [0.717, 1.165) is 12.1 Å². The van der Waals surface area contributed by atoms with Crippen LogP contribution in [0.5, 0.6) is 0 Å². The summed E-state index contributed by atoms with van der Waals surface area (Å²) in [6.07, 6.45) is 0. The van der Waals surface area contributed by atoms with Gasteiger partial charge >= 0.3 is 0 Å². The fourth-order valence-electron chi connectivity index (χ4n) is 1.27. The van der Waals surface area contributed by atoms with Crippen LogP contribution in [0, 0.1) is 11.6 Å². The normalized spacial score (nSPS) is 9.65. The average Bonchev–Trinajstić information content (AvgIpc) is 2.25. The van der Waals surface area contributed by atoms with Crippen LogP contribution in [0.2, 0.25) is 0 Å². The van der Waals surface area contributed by atoms with Gasteiger partial charge in [0.1, 0.15) is 17.2 Å². The first-order chi connectivity index (χ1) is 7.57. The number of nitrogens with one attached hydrogen (secondary N) is 1. The summed E-state index contributed by atoms with van der Waals surface area (Å²) in [5, 5.41) is 2.85. The second-order valence-electron chi connectivity index (χ2n) is 3.43. The molecule has 0 spiro atoms. The molecule has 0 unspecified atom stereocenters. The fourth-order valence-corrected chi connectivity index (χ4v) is 1.27. The largest absolute Gasteiger partial charge is 0.340 e. The van der Waals surface area contributed by atoms with E-state index in [9.17, 15) is 13.6 Å². The van der Waals surface area contributed by atoms with Gasteiger partial charge in [0.15, 0.2) is 0 Å². The van der Waals surface area contributed by atoms with Gasteiger partial charge in [-0.15, -0.1) is 12.4 Å². The first kappa shape index (κ1) is 15.8. The van der Waals surface area contributed by atoms with Gasteiger partial charge in [0.25, 0.3) is 5.91 Å². The molecule has 1 aromatic rings. The van der Waals surface area contributed by atoms with Crippen molar-refractivity contribution in [3.05, 3.63) is 35.4 Å². The number of hydrogen-bond acceptors (Lipinski definition) is 2. The molecule has 0 fully saturated rings.